The van der Waals surface area contributed by atoms with E-state index in [4.69, 9.17) is 9.47 Å². The molecule has 1 unspecified atom stereocenters. The zero-order chi connectivity index (χ0) is 15.1. The summed E-state index contributed by atoms with van der Waals surface area (Å²) < 4.78 is 11.3. The molecule has 3 fully saturated rings. The summed E-state index contributed by atoms with van der Waals surface area (Å²) in [6.07, 6.45) is 5.46. The number of nitrogens with zero attached hydrogens (tertiary/aromatic N) is 2. The second-order valence-corrected chi connectivity index (χ2v) is 6.91. The van der Waals surface area contributed by atoms with Gasteiger partial charge in [0.15, 0.2) is 0 Å². The highest BCUT2D eigenvalue weighted by Crippen LogP contribution is 2.40. The van der Waals surface area contributed by atoms with Crippen LogP contribution in [-0.4, -0.2) is 55.2 Å². The van der Waals surface area contributed by atoms with Gasteiger partial charge >= 0.3 is 0 Å². The fourth-order valence-electron chi connectivity index (χ4n) is 4.57. The number of piperidine rings is 1. The minimum absolute atomic E-state index is 0.124. The van der Waals surface area contributed by atoms with Gasteiger partial charge in [0.2, 0.25) is 0 Å². The van der Waals surface area contributed by atoms with Crippen LogP contribution < -0.4 is 4.74 Å². The highest BCUT2D eigenvalue weighted by molar-refractivity contribution is 5.28. The molecule has 3 saturated heterocycles. The molecular weight excluding hydrogens is 276 g/mol. The predicted octanol–water partition coefficient (Wildman–Crippen LogP) is 2.65. The van der Waals surface area contributed by atoms with Crippen molar-refractivity contribution in [2.75, 3.05) is 27.3 Å². The van der Waals surface area contributed by atoms with E-state index in [2.05, 4.69) is 29.0 Å². The van der Waals surface area contributed by atoms with Gasteiger partial charge in [0, 0.05) is 24.7 Å². The Bertz CT molecular complexity index is 504. The molecular formula is C18H26N2O2. The van der Waals surface area contributed by atoms with Crippen LogP contribution in [0.25, 0.3) is 0 Å². The number of ether oxygens (including phenoxy) is 2. The molecule has 0 N–H and O–H groups in total. The fraction of sp³-hybridized carbons (Fsp3) is 0.667. The molecule has 4 atom stereocenters. The van der Waals surface area contributed by atoms with Crippen molar-refractivity contribution < 1.29 is 9.47 Å². The van der Waals surface area contributed by atoms with Gasteiger partial charge < -0.3 is 14.4 Å². The third-order valence-corrected chi connectivity index (χ3v) is 5.87. The first-order chi connectivity index (χ1) is 10.8. The summed E-state index contributed by atoms with van der Waals surface area (Å²) in [6, 6.07) is 10.6. The molecule has 22 heavy (non-hydrogen) atoms. The van der Waals surface area contributed by atoms with Gasteiger partial charge in [0.25, 0.3) is 0 Å². The van der Waals surface area contributed by atoms with Crippen LogP contribution in [0.15, 0.2) is 24.3 Å². The number of hydrogen-bond donors (Lipinski definition) is 0. The summed E-state index contributed by atoms with van der Waals surface area (Å²) in [5.74, 6) is 0.908. The van der Waals surface area contributed by atoms with Crippen molar-refractivity contribution >= 4 is 0 Å². The van der Waals surface area contributed by atoms with Crippen LogP contribution in [0.2, 0.25) is 0 Å². The van der Waals surface area contributed by atoms with Crippen molar-refractivity contribution in [2.45, 2.75) is 50.0 Å². The average molecular weight is 302 g/mol. The first-order valence-electron chi connectivity index (χ1n) is 8.49. The van der Waals surface area contributed by atoms with Gasteiger partial charge in [-0.15, -0.1) is 0 Å². The van der Waals surface area contributed by atoms with Gasteiger partial charge in [-0.3, -0.25) is 4.90 Å². The Hall–Kier alpha value is -1.10. The first kappa shape index (κ1) is 14.5. The van der Waals surface area contributed by atoms with Crippen molar-refractivity contribution in [2.24, 2.45) is 0 Å². The van der Waals surface area contributed by atoms with Crippen LogP contribution in [0.3, 0.4) is 0 Å². The van der Waals surface area contributed by atoms with E-state index in [0.29, 0.717) is 6.04 Å². The Morgan fingerprint density at radius 2 is 1.73 bits per heavy atom. The normalized spacial score (nSPS) is 35.9. The molecule has 4 nitrogen and oxygen atoms in total. The molecule has 0 aromatic heterocycles. The topological polar surface area (TPSA) is 24.9 Å². The molecule has 0 amide bonds. The maximum Gasteiger partial charge on any atom is 0.137 e. The lowest BCUT2D eigenvalue weighted by Gasteiger charge is -2.41. The van der Waals surface area contributed by atoms with Crippen LogP contribution in [-0.2, 0) is 4.74 Å². The van der Waals surface area contributed by atoms with Gasteiger partial charge in [-0.05, 0) is 50.4 Å². The summed E-state index contributed by atoms with van der Waals surface area (Å²) in [7, 11) is 4.02. The molecule has 1 aromatic carbocycles. The lowest BCUT2D eigenvalue weighted by Crippen LogP contribution is -2.48. The quantitative estimate of drug-likeness (QED) is 0.857. The van der Waals surface area contributed by atoms with Gasteiger partial charge in [-0.2, -0.15) is 0 Å². The first-order valence-corrected chi connectivity index (χ1v) is 8.49. The molecule has 0 saturated carbocycles. The molecule has 0 radical (unpaired) electrons. The molecule has 0 aliphatic carbocycles. The van der Waals surface area contributed by atoms with E-state index in [9.17, 15) is 0 Å². The van der Waals surface area contributed by atoms with Crippen molar-refractivity contribution in [3.63, 3.8) is 0 Å². The van der Waals surface area contributed by atoms with E-state index in [0.717, 1.165) is 31.0 Å². The molecule has 3 aliphatic rings. The molecule has 4 rings (SSSR count). The smallest absolute Gasteiger partial charge is 0.137 e. The maximum absolute atomic E-state index is 6.07. The largest absolute Gasteiger partial charge is 0.497 e. The lowest BCUT2D eigenvalue weighted by molar-refractivity contribution is -0.0145. The molecule has 4 heteroatoms. The van der Waals surface area contributed by atoms with Gasteiger partial charge in [0.05, 0.1) is 13.7 Å². The summed E-state index contributed by atoms with van der Waals surface area (Å²) in [6.45, 7) is 1.91. The molecule has 120 valence electrons. The van der Waals surface area contributed by atoms with Gasteiger partial charge in [-0.25, -0.2) is 0 Å². The number of methoxy groups -OCH3 is 1. The van der Waals surface area contributed by atoms with Gasteiger partial charge in [0.1, 0.15) is 12.0 Å². The second-order valence-electron chi connectivity index (χ2n) is 6.91. The number of rotatable bonds is 3. The van der Waals surface area contributed by atoms with Crippen molar-refractivity contribution in [1.29, 1.82) is 0 Å². The summed E-state index contributed by atoms with van der Waals surface area (Å²) in [4.78, 5) is 5.20. The fourth-order valence-corrected chi connectivity index (χ4v) is 4.57. The molecule has 1 aromatic rings. The predicted molar refractivity (Wildman–Crippen MR) is 86.0 cm³/mol. The third kappa shape index (κ3) is 2.43. The molecule has 3 aliphatic heterocycles. The minimum atomic E-state index is 0.124. The highest BCUT2D eigenvalue weighted by atomic mass is 16.5. The van der Waals surface area contributed by atoms with Crippen LogP contribution in [0.4, 0.5) is 0 Å². The van der Waals surface area contributed by atoms with Crippen LogP contribution in [0.1, 0.15) is 37.5 Å². The van der Waals surface area contributed by atoms with E-state index < -0.39 is 0 Å². The number of fused-ring (bicyclic) bond motifs is 2. The van der Waals surface area contributed by atoms with Crippen molar-refractivity contribution in [3.05, 3.63) is 29.8 Å². The standard InChI is InChI=1S/C18H26N2O2/c1-19-14-5-6-15(19)12-16(11-14)20-9-10-22-18(20)13-3-7-17(21-2)8-4-13/h3-4,7-8,14-16,18H,5-6,9-12H2,1-2H3/t14-,15+,16?,18-/m1/s1. The highest BCUT2D eigenvalue weighted by Gasteiger charge is 2.43. The van der Waals surface area contributed by atoms with Crippen LogP contribution in [0.5, 0.6) is 5.75 Å². The van der Waals surface area contributed by atoms with E-state index >= 15 is 0 Å². The molecule has 0 spiro atoms. The molecule has 2 bridgehead atoms. The third-order valence-electron chi connectivity index (χ3n) is 5.87. The Morgan fingerprint density at radius 3 is 2.36 bits per heavy atom. The van der Waals surface area contributed by atoms with Crippen LogP contribution in [0, 0.1) is 0 Å². The zero-order valence-electron chi connectivity index (χ0n) is 13.6. The minimum Gasteiger partial charge on any atom is -0.497 e. The number of hydrogen-bond acceptors (Lipinski definition) is 4. The van der Waals surface area contributed by atoms with E-state index in [-0.39, 0.29) is 6.23 Å². The van der Waals surface area contributed by atoms with Crippen molar-refractivity contribution in [3.8, 4) is 5.75 Å². The second kappa shape index (κ2) is 5.84. The Labute approximate surface area is 133 Å². The SMILES string of the molecule is COc1ccc([C@H]2OCCN2C2C[C@H]3CC[C@@H](C2)N3C)cc1. The summed E-state index contributed by atoms with van der Waals surface area (Å²) in [5, 5.41) is 0. The number of benzene rings is 1. The lowest BCUT2D eigenvalue weighted by atomic mass is 9.96. The Morgan fingerprint density at radius 1 is 1.05 bits per heavy atom. The van der Waals surface area contributed by atoms with E-state index in [1.54, 1.807) is 7.11 Å². The van der Waals surface area contributed by atoms with Crippen LogP contribution >= 0.6 is 0 Å². The Kier molecular flexibility index (Phi) is 3.84. The summed E-state index contributed by atoms with van der Waals surface area (Å²) >= 11 is 0. The summed E-state index contributed by atoms with van der Waals surface area (Å²) in [5.41, 5.74) is 1.25. The van der Waals surface area contributed by atoms with E-state index in [1.807, 2.05) is 12.1 Å². The Balaban J connectivity index is 1.51. The monoisotopic (exact) mass is 302 g/mol. The zero-order valence-corrected chi connectivity index (χ0v) is 13.6. The van der Waals surface area contributed by atoms with E-state index in [1.165, 1.54) is 31.2 Å². The average Bonchev–Trinajstić information content (AvgIpc) is 3.09. The van der Waals surface area contributed by atoms with Gasteiger partial charge in [-0.1, -0.05) is 12.1 Å². The molecule has 3 heterocycles. The van der Waals surface area contributed by atoms with Crippen molar-refractivity contribution in [1.82, 2.24) is 9.80 Å². The maximum atomic E-state index is 6.07.